The van der Waals surface area contributed by atoms with E-state index in [9.17, 15) is 0 Å². The van der Waals surface area contributed by atoms with Gasteiger partial charge in [-0.15, -0.1) is 0 Å². The molecule has 1 N–H and O–H groups in total. The van der Waals surface area contributed by atoms with Crippen molar-refractivity contribution in [2.75, 3.05) is 7.11 Å². The average molecular weight is 409 g/mol. The number of nitrogens with one attached hydrogen (secondary N) is 1. The molecule has 0 bridgehead atoms. The zero-order valence-corrected chi connectivity index (χ0v) is 17.5. The lowest BCUT2D eigenvalue weighted by Crippen LogP contribution is -2.02. The molecule has 0 aliphatic carbocycles. The van der Waals surface area contributed by atoms with Crippen LogP contribution in [0.25, 0.3) is 21.8 Å². The number of nitrogens with zero attached hydrogens (tertiary/aromatic N) is 1. The first-order valence-corrected chi connectivity index (χ1v) is 10.4. The second-order valence-corrected chi connectivity index (χ2v) is 7.65. The highest BCUT2D eigenvalue weighted by Gasteiger charge is 2.17. The Kier molecular flexibility index (Phi) is 5.38. The van der Waals surface area contributed by atoms with Crippen LogP contribution >= 0.6 is 0 Å². The lowest BCUT2D eigenvalue weighted by molar-refractivity contribution is 0.185. The van der Waals surface area contributed by atoms with Gasteiger partial charge in [-0.3, -0.25) is 4.98 Å². The molecule has 0 unspecified atom stereocenters. The normalized spacial score (nSPS) is 11.3. The molecule has 2 aromatic heterocycles. The predicted octanol–water partition coefficient (Wildman–Crippen LogP) is 6.03. The van der Waals surface area contributed by atoms with Crippen molar-refractivity contribution >= 4 is 21.8 Å². The van der Waals surface area contributed by atoms with Gasteiger partial charge in [-0.1, -0.05) is 66.7 Å². The lowest BCUT2D eigenvalue weighted by Gasteiger charge is -2.12. The molecule has 5 aromatic rings. The summed E-state index contributed by atoms with van der Waals surface area (Å²) in [6.07, 6.45) is 2.68. The molecule has 154 valence electrons. The van der Waals surface area contributed by atoms with Crippen molar-refractivity contribution in [3.63, 3.8) is 0 Å². The summed E-state index contributed by atoms with van der Waals surface area (Å²) in [5, 5.41) is 2.21. The highest BCUT2D eigenvalue weighted by atomic mass is 16.5. The number of aromatic amines is 1. The van der Waals surface area contributed by atoms with Gasteiger partial charge in [0.05, 0.1) is 29.5 Å². The van der Waals surface area contributed by atoms with Crippen LogP contribution in [0.2, 0.25) is 0 Å². The van der Waals surface area contributed by atoms with Gasteiger partial charge in [0.25, 0.3) is 0 Å². The van der Waals surface area contributed by atoms with Gasteiger partial charge in [-0.25, -0.2) is 0 Å². The molecule has 4 nitrogen and oxygen atoms in total. The van der Waals surface area contributed by atoms with Gasteiger partial charge in [0.1, 0.15) is 12.4 Å². The van der Waals surface area contributed by atoms with Crippen molar-refractivity contribution in [3.8, 4) is 5.75 Å². The molecule has 31 heavy (non-hydrogen) atoms. The molecule has 0 atom stereocenters. The maximum atomic E-state index is 6.28. The molecule has 0 aliphatic rings. The Bertz CT molecular complexity index is 1310. The van der Waals surface area contributed by atoms with E-state index in [-0.39, 0.29) is 0 Å². The minimum absolute atomic E-state index is 0.493. The summed E-state index contributed by atoms with van der Waals surface area (Å²) in [5.41, 5.74) is 6.53. The van der Waals surface area contributed by atoms with E-state index in [1.54, 1.807) is 7.11 Å². The van der Waals surface area contributed by atoms with Crippen LogP contribution in [0.3, 0.4) is 0 Å². The van der Waals surface area contributed by atoms with Crippen LogP contribution in [0.5, 0.6) is 5.75 Å². The van der Waals surface area contributed by atoms with Crippen molar-refractivity contribution in [1.82, 2.24) is 9.97 Å². The number of fused-ring (bicyclic) bond motifs is 3. The van der Waals surface area contributed by atoms with E-state index < -0.39 is 0 Å². The SMILES string of the molecule is COCc1c(Cc2ccccc2)ncc2[nH]c3cccc(OCc4ccccc4)c3c12. The van der Waals surface area contributed by atoms with Crippen molar-refractivity contribution in [3.05, 3.63) is 107 Å². The second-order valence-electron chi connectivity index (χ2n) is 7.65. The lowest BCUT2D eigenvalue weighted by atomic mass is 10.0. The van der Waals surface area contributed by atoms with E-state index >= 15 is 0 Å². The van der Waals surface area contributed by atoms with E-state index in [1.807, 2.05) is 42.6 Å². The number of hydrogen-bond acceptors (Lipinski definition) is 3. The third-order valence-electron chi connectivity index (χ3n) is 5.55. The van der Waals surface area contributed by atoms with E-state index in [2.05, 4.69) is 47.4 Å². The molecule has 2 heterocycles. The number of benzene rings is 3. The van der Waals surface area contributed by atoms with E-state index in [1.165, 1.54) is 5.56 Å². The number of ether oxygens (including phenoxy) is 2. The van der Waals surface area contributed by atoms with Gasteiger partial charge >= 0.3 is 0 Å². The predicted molar refractivity (Wildman–Crippen MR) is 124 cm³/mol. The standard InChI is InChI=1S/C27H24N2O2/c1-30-18-21-23(15-19-9-4-2-5-10-19)28-16-24-26(21)27-22(29-24)13-8-14-25(27)31-17-20-11-6-3-7-12-20/h2-14,16,29H,15,17-18H2,1H3. The summed E-state index contributed by atoms with van der Waals surface area (Å²) in [7, 11) is 1.73. The molecule has 0 radical (unpaired) electrons. The van der Waals surface area contributed by atoms with E-state index in [4.69, 9.17) is 14.5 Å². The quantitative estimate of drug-likeness (QED) is 0.357. The van der Waals surface area contributed by atoms with Gasteiger partial charge in [0.15, 0.2) is 0 Å². The fraction of sp³-hybridized carbons (Fsp3) is 0.148. The fourth-order valence-corrected chi connectivity index (χ4v) is 4.11. The zero-order valence-electron chi connectivity index (χ0n) is 17.5. The molecule has 0 aliphatic heterocycles. The van der Waals surface area contributed by atoms with Crippen molar-refractivity contribution < 1.29 is 9.47 Å². The summed E-state index contributed by atoms with van der Waals surface area (Å²) < 4.78 is 11.9. The first kappa shape index (κ1) is 19.3. The number of aromatic nitrogens is 2. The Balaban J connectivity index is 1.63. The first-order valence-electron chi connectivity index (χ1n) is 10.4. The van der Waals surface area contributed by atoms with Gasteiger partial charge in [0, 0.05) is 29.9 Å². The molecule has 5 rings (SSSR count). The van der Waals surface area contributed by atoms with Crippen LogP contribution in [0.1, 0.15) is 22.4 Å². The minimum atomic E-state index is 0.493. The van der Waals surface area contributed by atoms with Crippen LogP contribution in [0.15, 0.2) is 85.1 Å². The number of hydrogen-bond donors (Lipinski definition) is 1. The maximum Gasteiger partial charge on any atom is 0.129 e. The molecular weight excluding hydrogens is 384 g/mol. The summed E-state index contributed by atoms with van der Waals surface area (Å²) >= 11 is 0. The Morgan fingerprint density at radius 2 is 1.48 bits per heavy atom. The second kappa shape index (κ2) is 8.62. The van der Waals surface area contributed by atoms with Crippen LogP contribution in [0, 0.1) is 0 Å². The van der Waals surface area contributed by atoms with E-state index in [0.717, 1.165) is 50.8 Å². The fourth-order valence-electron chi connectivity index (χ4n) is 4.11. The molecule has 0 saturated carbocycles. The molecule has 0 fully saturated rings. The Hall–Kier alpha value is -3.63. The Morgan fingerprint density at radius 3 is 2.23 bits per heavy atom. The topological polar surface area (TPSA) is 47.1 Å². The molecule has 4 heteroatoms. The van der Waals surface area contributed by atoms with E-state index in [0.29, 0.717) is 13.2 Å². The van der Waals surface area contributed by atoms with Gasteiger partial charge < -0.3 is 14.5 Å². The van der Waals surface area contributed by atoms with Crippen LogP contribution < -0.4 is 4.74 Å². The van der Waals surface area contributed by atoms with Crippen molar-refractivity contribution in [1.29, 1.82) is 0 Å². The first-order chi connectivity index (χ1) is 15.3. The molecular formula is C27H24N2O2. The van der Waals surface area contributed by atoms with Crippen molar-refractivity contribution in [2.45, 2.75) is 19.6 Å². The summed E-state index contributed by atoms with van der Waals surface area (Å²) in [6.45, 7) is 1.01. The molecule has 0 amide bonds. The maximum absolute atomic E-state index is 6.28. The van der Waals surface area contributed by atoms with Crippen LogP contribution in [-0.4, -0.2) is 17.1 Å². The highest BCUT2D eigenvalue weighted by molar-refractivity contribution is 6.12. The third-order valence-corrected chi connectivity index (χ3v) is 5.55. The molecule has 3 aromatic carbocycles. The van der Waals surface area contributed by atoms with Gasteiger partial charge in [-0.05, 0) is 23.3 Å². The van der Waals surface area contributed by atoms with Gasteiger partial charge in [-0.2, -0.15) is 0 Å². The number of pyridine rings is 1. The highest BCUT2D eigenvalue weighted by Crippen LogP contribution is 2.37. The summed E-state index contributed by atoms with van der Waals surface area (Å²) in [4.78, 5) is 8.30. The largest absolute Gasteiger partial charge is 0.488 e. The Morgan fingerprint density at radius 1 is 0.742 bits per heavy atom. The molecule has 0 spiro atoms. The monoisotopic (exact) mass is 408 g/mol. The number of rotatable bonds is 7. The van der Waals surface area contributed by atoms with Gasteiger partial charge in [0.2, 0.25) is 0 Å². The van der Waals surface area contributed by atoms with Crippen molar-refractivity contribution in [2.24, 2.45) is 0 Å². The minimum Gasteiger partial charge on any atom is -0.488 e. The van der Waals surface area contributed by atoms with Crippen LogP contribution in [-0.2, 0) is 24.4 Å². The summed E-state index contributed by atoms with van der Waals surface area (Å²) in [5.74, 6) is 0.863. The third kappa shape index (κ3) is 3.90. The van der Waals surface area contributed by atoms with Crippen LogP contribution in [0.4, 0.5) is 0 Å². The number of H-pyrrole nitrogens is 1. The zero-order chi connectivity index (χ0) is 21.0. The average Bonchev–Trinajstić information content (AvgIpc) is 3.20. The summed E-state index contributed by atoms with van der Waals surface area (Å²) in [6, 6.07) is 26.8. The smallest absolute Gasteiger partial charge is 0.129 e. The molecule has 0 saturated heterocycles. The number of methoxy groups -OCH3 is 1. The Labute approximate surface area is 181 Å².